The number of likely N-dealkylation sites (N-methyl/N-ethyl adjacent to an activating group) is 1. The van der Waals surface area contributed by atoms with Crippen LogP contribution >= 0.6 is 0 Å². The fraction of sp³-hybridized carbons (Fsp3) is 0.286. The molecule has 0 heterocycles. The quantitative estimate of drug-likeness (QED) is 0.573. The van der Waals surface area contributed by atoms with E-state index in [0.29, 0.717) is 6.54 Å². The van der Waals surface area contributed by atoms with Crippen molar-refractivity contribution in [3.63, 3.8) is 0 Å². The number of carbonyl (C=O) groups is 2. The van der Waals surface area contributed by atoms with Crippen molar-refractivity contribution < 1.29 is 19.1 Å². The van der Waals surface area contributed by atoms with Gasteiger partial charge in [0.2, 0.25) is 0 Å². The Morgan fingerprint density at radius 2 is 1.79 bits per heavy atom. The van der Waals surface area contributed by atoms with Crippen LogP contribution < -0.4 is 4.90 Å². The third-order valence-corrected chi connectivity index (χ3v) is 2.42. The van der Waals surface area contributed by atoms with Gasteiger partial charge in [-0.25, -0.2) is 9.59 Å². The molecule has 0 aromatic heterocycles. The molecule has 5 heteroatoms. The van der Waals surface area contributed by atoms with E-state index in [2.05, 4.69) is 4.74 Å². The van der Waals surface area contributed by atoms with Gasteiger partial charge in [-0.1, -0.05) is 18.2 Å². The normalized spacial score (nSPS) is 10.2. The molecule has 0 amide bonds. The van der Waals surface area contributed by atoms with Crippen LogP contribution in [0.5, 0.6) is 0 Å². The number of anilines is 1. The summed E-state index contributed by atoms with van der Waals surface area (Å²) < 4.78 is 9.31. The number of rotatable bonds is 6. The van der Waals surface area contributed by atoms with Crippen molar-refractivity contribution in [1.29, 1.82) is 0 Å². The van der Waals surface area contributed by atoms with Crippen LogP contribution in [-0.2, 0) is 19.1 Å². The number of esters is 2. The molecule has 0 unspecified atom stereocenters. The van der Waals surface area contributed by atoms with E-state index in [-0.39, 0.29) is 6.61 Å². The Bertz CT molecular complexity index is 442. The van der Waals surface area contributed by atoms with Gasteiger partial charge in [-0.15, -0.1) is 0 Å². The highest BCUT2D eigenvalue weighted by molar-refractivity contribution is 5.91. The number of para-hydroxylation sites is 1. The summed E-state index contributed by atoms with van der Waals surface area (Å²) in [6.07, 6.45) is 2.08. The Labute approximate surface area is 112 Å². The lowest BCUT2D eigenvalue weighted by atomic mass is 10.3. The maximum Gasteiger partial charge on any atom is 0.331 e. The molecule has 0 N–H and O–H groups in total. The number of methoxy groups -OCH3 is 1. The van der Waals surface area contributed by atoms with Gasteiger partial charge < -0.3 is 14.4 Å². The molecule has 0 aliphatic carbocycles. The highest BCUT2D eigenvalue weighted by Gasteiger charge is 2.02. The predicted molar refractivity (Wildman–Crippen MR) is 71.8 cm³/mol. The molecule has 102 valence electrons. The first-order valence-corrected chi connectivity index (χ1v) is 5.82. The number of benzene rings is 1. The number of carbonyl (C=O) groups excluding carboxylic acids is 2. The van der Waals surface area contributed by atoms with Gasteiger partial charge in [0, 0.05) is 24.9 Å². The van der Waals surface area contributed by atoms with Crippen molar-refractivity contribution in [3.05, 3.63) is 42.5 Å². The first-order valence-electron chi connectivity index (χ1n) is 5.82. The van der Waals surface area contributed by atoms with Crippen LogP contribution in [-0.4, -0.2) is 39.2 Å². The summed E-state index contributed by atoms with van der Waals surface area (Å²) in [5.41, 5.74) is 1.05. The third-order valence-electron chi connectivity index (χ3n) is 2.42. The van der Waals surface area contributed by atoms with Crippen molar-refractivity contribution in [2.45, 2.75) is 0 Å². The Balaban J connectivity index is 2.29. The zero-order valence-electron chi connectivity index (χ0n) is 11.0. The van der Waals surface area contributed by atoms with E-state index in [1.807, 2.05) is 42.3 Å². The highest BCUT2D eigenvalue weighted by Crippen LogP contribution is 2.09. The van der Waals surface area contributed by atoms with Crippen LogP contribution in [0.25, 0.3) is 0 Å². The summed E-state index contributed by atoms with van der Waals surface area (Å²) in [6.45, 7) is 0.817. The minimum absolute atomic E-state index is 0.246. The molecular formula is C14H17NO4. The Morgan fingerprint density at radius 3 is 2.42 bits per heavy atom. The van der Waals surface area contributed by atoms with Gasteiger partial charge in [-0.05, 0) is 12.1 Å². The Morgan fingerprint density at radius 1 is 1.16 bits per heavy atom. The van der Waals surface area contributed by atoms with Crippen LogP contribution in [0.15, 0.2) is 42.5 Å². The summed E-state index contributed by atoms with van der Waals surface area (Å²) in [5.74, 6) is -1.15. The van der Waals surface area contributed by atoms with E-state index in [1.54, 1.807) is 0 Å². The van der Waals surface area contributed by atoms with Gasteiger partial charge in [0.05, 0.1) is 13.7 Å². The molecule has 1 aromatic carbocycles. The number of ether oxygens (including phenoxy) is 2. The summed E-state index contributed by atoms with van der Waals surface area (Å²) in [4.78, 5) is 24.0. The molecule has 1 aromatic rings. The minimum Gasteiger partial charge on any atom is -0.466 e. The van der Waals surface area contributed by atoms with Crippen molar-refractivity contribution in [1.82, 2.24) is 0 Å². The van der Waals surface area contributed by atoms with Gasteiger partial charge in [-0.2, -0.15) is 0 Å². The van der Waals surface area contributed by atoms with Crippen molar-refractivity contribution in [2.75, 3.05) is 32.2 Å². The molecule has 0 spiro atoms. The summed E-state index contributed by atoms with van der Waals surface area (Å²) in [6, 6.07) is 9.76. The third kappa shape index (κ3) is 5.72. The van der Waals surface area contributed by atoms with E-state index in [4.69, 9.17) is 4.74 Å². The second-order valence-electron chi connectivity index (χ2n) is 3.78. The molecule has 0 aliphatic heterocycles. The molecule has 0 atom stereocenters. The summed E-state index contributed by atoms with van der Waals surface area (Å²) in [7, 11) is 3.15. The van der Waals surface area contributed by atoms with Crippen LogP contribution in [0, 0.1) is 0 Å². The van der Waals surface area contributed by atoms with E-state index in [9.17, 15) is 9.59 Å². The average Bonchev–Trinajstić information content (AvgIpc) is 2.45. The second kappa shape index (κ2) is 7.92. The van der Waals surface area contributed by atoms with Crippen LogP contribution in [0.1, 0.15) is 0 Å². The Kier molecular flexibility index (Phi) is 6.15. The van der Waals surface area contributed by atoms with Gasteiger partial charge in [0.25, 0.3) is 0 Å². The smallest absolute Gasteiger partial charge is 0.331 e. The van der Waals surface area contributed by atoms with E-state index >= 15 is 0 Å². The highest BCUT2D eigenvalue weighted by atomic mass is 16.5. The van der Waals surface area contributed by atoms with Gasteiger partial charge >= 0.3 is 11.9 Å². The molecule has 0 aliphatic rings. The standard InChI is InChI=1S/C14H17NO4/c1-15(12-6-4-3-5-7-12)10-11-19-14(17)9-8-13(16)18-2/h3-9H,10-11H2,1-2H3. The van der Waals surface area contributed by atoms with E-state index in [0.717, 1.165) is 17.8 Å². The first kappa shape index (κ1) is 14.8. The molecule has 0 saturated carbocycles. The maximum atomic E-state index is 11.2. The molecule has 19 heavy (non-hydrogen) atoms. The lowest BCUT2D eigenvalue weighted by Gasteiger charge is -2.18. The largest absolute Gasteiger partial charge is 0.466 e. The average molecular weight is 263 g/mol. The van der Waals surface area contributed by atoms with E-state index < -0.39 is 11.9 Å². The molecule has 0 bridgehead atoms. The first-order chi connectivity index (χ1) is 9.13. The predicted octanol–water partition coefficient (Wildman–Crippen LogP) is 1.40. The molecule has 0 radical (unpaired) electrons. The monoisotopic (exact) mass is 263 g/mol. The minimum atomic E-state index is -0.585. The van der Waals surface area contributed by atoms with Gasteiger partial charge in [0.15, 0.2) is 0 Å². The Hall–Kier alpha value is -2.30. The van der Waals surface area contributed by atoms with Crippen molar-refractivity contribution in [3.8, 4) is 0 Å². The SMILES string of the molecule is COC(=O)C=CC(=O)OCCN(C)c1ccccc1. The molecule has 5 nitrogen and oxygen atoms in total. The topological polar surface area (TPSA) is 55.8 Å². The van der Waals surface area contributed by atoms with Crippen molar-refractivity contribution in [2.24, 2.45) is 0 Å². The van der Waals surface area contributed by atoms with Crippen molar-refractivity contribution >= 4 is 17.6 Å². The fourth-order valence-corrected chi connectivity index (χ4v) is 1.35. The zero-order chi connectivity index (χ0) is 14.1. The van der Waals surface area contributed by atoms with Crippen LogP contribution in [0.3, 0.4) is 0 Å². The van der Waals surface area contributed by atoms with Crippen LogP contribution in [0.4, 0.5) is 5.69 Å². The van der Waals surface area contributed by atoms with E-state index in [1.165, 1.54) is 7.11 Å². The maximum absolute atomic E-state index is 11.2. The number of hydrogen-bond acceptors (Lipinski definition) is 5. The molecule has 1 rings (SSSR count). The fourth-order valence-electron chi connectivity index (χ4n) is 1.35. The summed E-state index contributed by atoms with van der Waals surface area (Å²) >= 11 is 0. The molecular weight excluding hydrogens is 246 g/mol. The summed E-state index contributed by atoms with van der Waals surface area (Å²) in [5, 5.41) is 0. The lowest BCUT2D eigenvalue weighted by Crippen LogP contribution is -2.23. The van der Waals surface area contributed by atoms with Gasteiger partial charge in [0.1, 0.15) is 6.61 Å². The van der Waals surface area contributed by atoms with Gasteiger partial charge in [-0.3, -0.25) is 0 Å². The van der Waals surface area contributed by atoms with Crippen LogP contribution in [0.2, 0.25) is 0 Å². The zero-order valence-corrected chi connectivity index (χ0v) is 11.0. The molecule has 0 fully saturated rings. The lowest BCUT2D eigenvalue weighted by molar-refractivity contribution is -0.139. The number of hydrogen-bond donors (Lipinski definition) is 0. The second-order valence-corrected chi connectivity index (χ2v) is 3.78. The molecule has 0 saturated heterocycles. The number of nitrogens with zero attached hydrogens (tertiary/aromatic N) is 1.